The van der Waals surface area contributed by atoms with E-state index < -0.39 is 0 Å². The second-order valence-corrected chi connectivity index (χ2v) is 7.30. The van der Waals surface area contributed by atoms with E-state index in [0.717, 1.165) is 51.0 Å². The first-order valence-corrected chi connectivity index (χ1v) is 9.80. The first kappa shape index (κ1) is 17.3. The molecule has 0 saturated carbocycles. The third kappa shape index (κ3) is 3.40. The van der Waals surface area contributed by atoms with Crippen LogP contribution in [0, 0.1) is 5.92 Å². The standard InChI is InChI=1S/C21H27N3O2/c1-2-26-21(25)16-8-7-13-23(14-16)15-19-18-11-6-12-20(18)24(22-19)17-9-4-3-5-10-17/h3-5,9-10,16H,2,6-8,11-15H2,1H3. The summed E-state index contributed by atoms with van der Waals surface area (Å²) in [4.78, 5) is 14.5. The average molecular weight is 353 g/mol. The van der Waals surface area contributed by atoms with Crippen LogP contribution < -0.4 is 0 Å². The van der Waals surface area contributed by atoms with Crippen LogP contribution in [0.5, 0.6) is 0 Å². The number of aromatic nitrogens is 2. The number of nitrogens with zero attached hydrogens (tertiary/aromatic N) is 3. The largest absolute Gasteiger partial charge is 0.466 e. The lowest BCUT2D eigenvalue weighted by atomic mass is 9.98. The molecule has 5 nitrogen and oxygen atoms in total. The lowest BCUT2D eigenvalue weighted by Gasteiger charge is -2.31. The van der Waals surface area contributed by atoms with Crippen molar-refractivity contribution in [1.82, 2.24) is 14.7 Å². The number of likely N-dealkylation sites (tertiary alicyclic amines) is 1. The second kappa shape index (κ2) is 7.62. The fourth-order valence-corrected chi connectivity index (χ4v) is 4.29. The minimum Gasteiger partial charge on any atom is -0.466 e. The van der Waals surface area contributed by atoms with Crippen molar-refractivity contribution in [3.63, 3.8) is 0 Å². The highest BCUT2D eigenvalue weighted by Crippen LogP contribution is 2.29. The Balaban J connectivity index is 1.53. The Morgan fingerprint density at radius 1 is 1.23 bits per heavy atom. The summed E-state index contributed by atoms with van der Waals surface area (Å²) < 4.78 is 7.36. The van der Waals surface area contributed by atoms with E-state index in [0.29, 0.717) is 6.61 Å². The molecule has 0 amide bonds. The molecule has 1 aliphatic heterocycles. The molecule has 1 unspecified atom stereocenters. The maximum atomic E-state index is 12.1. The molecule has 0 N–H and O–H groups in total. The number of rotatable bonds is 5. The van der Waals surface area contributed by atoms with Crippen LogP contribution in [0.15, 0.2) is 30.3 Å². The maximum Gasteiger partial charge on any atom is 0.310 e. The van der Waals surface area contributed by atoms with Gasteiger partial charge >= 0.3 is 5.97 Å². The number of piperidine rings is 1. The van der Waals surface area contributed by atoms with Gasteiger partial charge < -0.3 is 4.74 Å². The molecule has 1 saturated heterocycles. The molecule has 2 aliphatic rings. The number of para-hydroxylation sites is 1. The number of carbonyl (C=O) groups is 1. The van der Waals surface area contributed by atoms with Crippen molar-refractivity contribution in [1.29, 1.82) is 0 Å². The SMILES string of the molecule is CCOC(=O)C1CCCN(Cc2nn(-c3ccccc3)c3c2CCC3)C1. The number of hydrogen-bond donors (Lipinski definition) is 0. The van der Waals surface area contributed by atoms with Gasteiger partial charge in [0, 0.05) is 18.8 Å². The first-order chi connectivity index (χ1) is 12.8. The number of hydrogen-bond acceptors (Lipinski definition) is 4. The number of ether oxygens (including phenoxy) is 1. The minimum atomic E-state index is -0.0442. The fourth-order valence-electron chi connectivity index (χ4n) is 4.29. The van der Waals surface area contributed by atoms with Gasteiger partial charge in [-0.1, -0.05) is 18.2 Å². The van der Waals surface area contributed by atoms with Crippen LogP contribution in [-0.4, -0.2) is 40.3 Å². The summed E-state index contributed by atoms with van der Waals surface area (Å²) in [6.45, 7) is 4.98. The number of fused-ring (bicyclic) bond motifs is 1. The zero-order chi connectivity index (χ0) is 17.9. The van der Waals surface area contributed by atoms with Crippen LogP contribution in [0.4, 0.5) is 0 Å². The van der Waals surface area contributed by atoms with Gasteiger partial charge in [-0.2, -0.15) is 5.10 Å². The van der Waals surface area contributed by atoms with Gasteiger partial charge in [0.15, 0.2) is 0 Å². The fraction of sp³-hybridized carbons (Fsp3) is 0.524. The average Bonchev–Trinajstić information content (AvgIpc) is 3.27. The Morgan fingerprint density at radius 2 is 2.08 bits per heavy atom. The van der Waals surface area contributed by atoms with Gasteiger partial charge in [-0.25, -0.2) is 4.68 Å². The van der Waals surface area contributed by atoms with E-state index in [1.807, 2.05) is 13.0 Å². The molecule has 5 heteroatoms. The highest BCUT2D eigenvalue weighted by molar-refractivity contribution is 5.72. The molecule has 4 rings (SSSR count). The maximum absolute atomic E-state index is 12.1. The lowest BCUT2D eigenvalue weighted by Crippen LogP contribution is -2.39. The molecule has 138 valence electrons. The summed E-state index contributed by atoms with van der Waals surface area (Å²) in [5.74, 6) is -0.0369. The molecule has 0 bridgehead atoms. The molecule has 1 aromatic carbocycles. The monoisotopic (exact) mass is 353 g/mol. The predicted molar refractivity (Wildman–Crippen MR) is 100 cm³/mol. The Morgan fingerprint density at radius 3 is 2.88 bits per heavy atom. The van der Waals surface area contributed by atoms with Gasteiger partial charge in [0.1, 0.15) is 0 Å². The van der Waals surface area contributed by atoms with Crippen molar-refractivity contribution in [3.05, 3.63) is 47.3 Å². The third-order valence-corrected chi connectivity index (χ3v) is 5.51. The molecule has 1 atom stereocenters. The summed E-state index contributed by atoms with van der Waals surface area (Å²) in [7, 11) is 0. The van der Waals surface area contributed by atoms with Gasteiger partial charge in [-0.05, 0) is 63.3 Å². The molecule has 1 aliphatic carbocycles. The van der Waals surface area contributed by atoms with Gasteiger partial charge in [0.25, 0.3) is 0 Å². The van der Waals surface area contributed by atoms with Crippen LogP contribution in [0.2, 0.25) is 0 Å². The molecular formula is C21H27N3O2. The van der Waals surface area contributed by atoms with E-state index in [9.17, 15) is 4.79 Å². The Hall–Kier alpha value is -2.14. The second-order valence-electron chi connectivity index (χ2n) is 7.30. The van der Waals surface area contributed by atoms with Crippen LogP contribution in [0.1, 0.15) is 43.1 Å². The van der Waals surface area contributed by atoms with Crippen molar-refractivity contribution in [2.75, 3.05) is 19.7 Å². The summed E-state index contributed by atoms with van der Waals surface area (Å²) in [5, 5.41) is 4.96. The minimum absolute atomic E-state index is 0.00737. The van der Waals surface area contributed by atoms with E-state index in [-0.39, 0.29) is 11.9 Å². The van der Waals surface area contributed by atoms with E-state index in [1.54, 1.807) is 0 Å². The van der Waals surface area contributed by atoms with Gasteiger partial charge in [0.2, 0.25) is 0 Å². The molecule has 2 aromatic rings. The summed E-state index contributed by atoms with van der Waals surface area (Å²) in [6.07, 6.45) is 5.41. The summed E-state index contributed by atoms with van der Waals surface area (Å²) in [5.41, 5.74) is 5.11. The normalized spacial score (nSPS) is 20.1. The van der Waals surface area contributed by atoms with Crippen LogP contribution >= 0.6 is 0 Å². The number of esters is 1. The quantitative estimate of drug-likeness (QED) is 0.775. The summed E-state index contributed by atoms with van der Waals surface area (Å²) in [6, 6.07) is 10.4. The number of carbonyl (C=O) groups excluding carboxylic acids is 1. The molecule has 1 fully saturated rings. The molecule has 2 heterocycles. The topological polar surface area (TPSA) is 47.4 Å². The zero-order valence-corrected chi connectivity index (χ0v) is 15.5. The zero-order valence-electron chi connectivity index (χ0n) is 15.5. The van der Waals surface area contributed by atoms with Crippen molar-refractivity contribution < 1.29 is 9.53 Å². The number of benzene rings is 1. The van der Waals surface area contributed by atoms with Gasteiger partial charge in [-0.3, -0.25) is 9.69 Å². The highest BCUT2D eigenvalue weighted by atomic mass is 16.5. The molecule has 0 spiro atoms. The van der Waals surface area contributed by atoms with Crippen LogP contribution in [0.25, 0.3) is 5.69 Å². The molecule has 1 aromatic heterocycles. The first-order valence-electron chi connectivity index (χ1n) is 9.80. The Labute approximate surface area is 154 Å². The lowest BCUT2D eigenvalue weighted by molar-refractivity contribution is -0.150. The van der Waals surface area contributed by atoms with E-state index >= 15 is 0 Å². The smallest absolute Gasteiger partial charge is 0.310 e. The van der Waals surface area contributed by atoms with E-state index in [1.165, 1.54) is 23.4 Å². The van der Waals surface area contributed by atoms with Crippen molar-refractivity contribution >= 4 is 5.97 Å². The predicted octanol–water partition coefficient (Wildman–Crippen LogP) is 3.14. The third-order valence-electron chi connectivity index (χ3n) is 5.51. The van der Waals surface area contributed by atoms with Crippen molar-refractivity contribution in [2.45, 2.75) is 45.6 Å². The van der Waals surface area contributed by atoms with Crippen LogP contribution in [0.3, 0.4) is 0 Å². The van der Waals surface area contributed by atoms with E-state index in [2.05, 4.69) is 33.8 Å². The van der Waals surface area contributed by atoms with Gasteiger partial charge in [0.05, 0.1) is 23.9 Å². The van der Waals surface area contributed by atoms with Crippen LogP contribution in [-0.2, 0) is 28.9 Å². The Kier molecular flexibility index (Phi) is 5.07. The molecular weight excluding hydrogens is 326 g/mol. The molecule has 26 heavy (non-hydrogen) atoms. The highest BCUT2D eigenvalue weighted by Gasteiger charge is 2.29. The van der Waals surface area contributed by atoms with Crippen molar-refractivity contribution in [2.24, 2.45) is 5.92 Å². The van der Waals surface area contributed by atoms with Gasteiger partial charge in [-0.15, -0.1) is 0 Å². The summed E-state index contributed by atoms with van der Waals surface area (Å²) >= 11 is 0. The van der Waals surface area contributed by atoms with E-state index in [4.69, 9.17) is 9.84 Å². The Bertz CT molecular complexity index is 769. The molecule has 0 radical (unpaired) electrons. The van der Waals surface area contributed by atoms with Crippen molar-refractivity contribution in [3.8, 4) is 5.69 Å².